The van der Waals surface area contributed by atoms with E-state index in [0.717, 1.165) is 0 Å². The third kappa shape index (κ3) is 6.76. The normalized spacial score (nSPS) is 9.80. The predicted octanol–water partition coefficient (Wildman–Crippen LogP) is 2.10. The molecule has 0 heterocycles. The lowest BCUT2D eigenvalue weighted by molar-refractivity contribution is 0.391. The summed E-state index contributed by atoms with van der Waals surface area (Å²) >= 11 is 1.18. The molecule has 0 saturated carbocycles. The van der Waals surface area contributed by atoms with Crippen molar-refractivity contribution in [1.29, 1.82) is 0 Å². The molecule has 0 spiro atoms. The molecular weight excluding hydrogens is 199 g/mol. The Morgan fingerprint density at radius 2 is 1.50 bits per heavy atom. The maximum atomic E-state index is 10.5. The van der Waals surface area contributed by atoms with Crippen molar-refractivity contribution in [2.45, 2.75) is 0 Å². The van der Waals surface area contributed by atoms with Crippen molar-refractivity contribution in [1.82, 2.24) is 0 Å². The molecule has 0 aliphatic heterocycles. The van der Waals surface area contributed by atoms with Crippen LogP contribution in [0.25, 0.3) is 0 Å². The Balaban J connectivity index is 3.09. The van der Waals surface area contributed by atoms with E-state index in [2.05, 4.69) is 16.3 Å². The average Bonchev–Trinajstić information content (AvgIpc) is 1.97. The second-order valence-corrected chi connectivity index (χ2v) is 3.42. The first kappa shape index (κ1) is 10.6. The van der Waals surface area contributed by atoms with E-state index >= 15 is 0 Å². The summed E-state index contributed by atoms with van der Waals surface area (Å²) in [7, 11) is 0.606. The molecule has 0 bridgehead atoms. The molecule has 0 rings (SSSR count). The summed E-state index contributed by atoms with van der Waals surface area (Å²) in [5.41, 5.74) is 0. The van der Waals surface area contributed by atoms with Crippen LogP contribution in [0.1, 0.15) is 0 Å². The molecule has 1 radical (unpaired) electrons. The van der Waals surface area contributed by atoms with Crippen LogP contribution in [0.2, 0.25) is 0 Å². The van der Waals surface area contributed by atoms with Crippen molar-refractivity contribution in [3.05, 3.63) is 0 Å². The molecule has 0 aromatic heterocycles. The Morgan fingerprint density at radius 3 is 1.80 bits per heavy atom. The van der Waals surface area contributed by atoms with Gasteiger partial charge in [0.25, 0.3) is 0 Å². The van der Waals surface area contributed by atoms with Crippen LogP contribution in [0.5, 0.6) is 0 Å². The maximum Gasteiger partial charge on any atom is 0.396 e. The largest absolute Gasteiger partial charge is 0.396 e. The van der Waals surface area contributed by atoms with Crippen molar-refractivity contribution in [2.24, 2.45) is 0 Å². The van der Waals surface area contributed by atoms with Crippen LogP contribution in [0, 0.1) is 0 Å². The van der Waals surface area contributed by atoms with Gasteiger partial charge in [-0.1, -0.05) is 0 Å². The highest BCUT2D eigenvalue weighted by Gasteiger charge is 2.02. The lowest BCUT2D eigenvalue weighted by Crippen LogP contribution is -1.71. The molecule has 0 fully saturated rings. The molecule has 0 N–H and O–H groups in total. The van der Waals surface area contributed by atoms with Gasteiger partial charge in [-0.15, -0.1) is 0 Å². The van der Waals surface area contributed by atoms with Gasteiger partial charge in [-0.05, 0) is 0 Å². The standard InChI is InChI=1S/C2H6O5PS2/c1-4-9-6-8(3)7-10-5-2/h1-2H3. The topological polar surface area (TPSA) is 54.0 Å². The van der Waals surface area contributed by atoms with Gasteiger partial charge in [0.15, 0.2) is 24.6 Å². The molecule has 0 unspecified atom stereocenters. The first-order valence-corrected chi connectivity index (χ1v) is 4.46. The monoisotopic (exact) mass is 205 g/mol. The zero-order valence-electron chi connectivity index (χ0n) is 5.30. The minimum absolute atomic E-state index is 0.589. The van der Waals surface area contributed by atoms with Crippen LogP contribution in [0.4, 0.5) is 0 Å². The Kier molecular flexibility index (Phi) is 8.24. The molecule has 5 nitrogen and oxygen atoms in total. The predicted molar refractivity (Wildman–Crippen MR) is 39.0 cm³/mol. The van der Waals surface area contributed by atoms with Gasteiger partial charge in [0, 0.05) is 0 Å². The fourth-order valence-electron chi connectivity index (χ4n) is 0.123. The van der Waals surface area contributed by atoms with Crippen LogP contribution in [-0.2, 0) is 20.9 Å². The summed E-state index contributed by atoms with van der Waals surface area (Å²) in [6.45, 7) is 0. The van der Waals surface area contributed by atoms with Crippen LogP contribution in [-0.4, -0.2) is 14.2 Å². The molecule has 10 heavy (non-hydrogen) atoms. The molecule has 0 aromatic carbocycles. The van der Waals surface area contributed by atoms with E-state index in [-0.39, 0.29) is 0 Å². The third-order valence-electron chi connectivity index (χ3n) is 0.319. The molecule has 0 amide bonds. The van der Waals surface area contributed by atoms with Crippen molar-refractivity contribution in [3.63, 3.8) is 0 Å². The van der Waals surface area contributed by atoms with E-state index in [1.807, 2.05) is 0 Å². The highest BCUT2D eigenvalue weighted by Crippen LogP contribution is 2.34. The van der Waals surface area contributed by atoms with Gasteiger partial charge < -0.3 is 0 Å². The van der Waals surface area contributed by atoms with Crippen molar-refractivity contribution in [2.75, 3.05) is 14.2 Å². The Hall–Kier alpha value is 0.640. The highest BCUT2D eigenvalue weighted by atomic mass is 32.2. The summed E-state index contributed by atoms with van der Waals surface area (Å²) in [4.78, 5) is 0. The van der Waals surface area contributed by atoms with Gasteiger partial charge in [-0.25, -0.2) is 4.57 Å². The quantitative estimate of drug-likeness (QED) is 0.486. The molecule has 0 aliphatic carbocycles. The molecule has 8 heteroatoms. The lowest BCUT2D eigenvalue weighted by Gasteiger charge is -1.95. The van der Waals surface area contributed by atoms with Gasteiger partial charge in [0.05, 0.1) is 14.2 Å². The van der Waals surface area contributed by atoms with E-state index < -0.39 is 8.25 Å². The zero-order valence-corrected chi connectivity index (χ0v) is 7.83. The molecule has 0 atom stereocenters. The fourth-order valence-corrected chi connectivity index (χ4v) is 1.33. The van der Waals surface area contributed by atoms with Crippen LogP contribution >= 0.6 is 32.9 Å². The Bertz CT molecular complexity index is 89.6. The van der Waals surface area contributed by atoms with Crippen LogP contribution < -0.4 is 0 Å². The SMILES string of the molecule is COSO[P](=O)OSOC. The molecule has 0 aromatic rings. The third-order valence-corrected chi connectivity index (χ3v) is 2.05. The van der Waals surface area contributed by atoms with Gasteiger partial charge in [0.1, 0.15) is 0 Å². The van der Waals surface area contributed by atoms with Gasteiger partial charge in [-0.3, -0.25) is 8.37 Å². The van der Waals surface area contributed by atoms with Crippen LogP contribution in [0.3, 0.4) is 0 Å². The summed E-state index contributed by atoms with van der Waals surface area (Å²) in [5.74, 6) is 0. The summed E-state index contributed by atoms with van der Waals surface area (Å²) < 4.78 is 28.0. The van der Waals surface area contributed by atoms with Gasteiger partial charge in [-0.2, -0.15) is 7.94 Å². The average molecular weight is 205 g/mol. The second-order valence-electron chi connectivity index (χ2n) is 0.842. The van der Waals surface area contributed by atoms with E-state index in [1.54, 1.807) is 0 Å². The number of rotatable bonds is 6. The lowest BCUT2D eigenvalue weighted by atomic mass is 11.8. The Morgan fingerprint density at radius 1 is 1.10 bits per heavy atom. The van der Waals surface area contributed by atoms with Crippen molar-refractivity contribution < 1.29 is 20.9 Å². The van der Waals surface area contributed by atoms with Gasteiger partial charge >= 0.3 is 8.25 Å². The summed E-state index contributed by atoms with van der Waals surface area (Å²) in [6.07, 6.45) is 0. The van der Waals surface area contributed by atoms with E-state index in [9.17, 15) is 4.57 Å². The second kappa shape index (κ2) is 7.74. The summed E-state index contributed by atoms with van der Waals surface area (Å²) in [5, 5.41) is 0. The molecule has 61 valence electrons. The van der Waals surface area contributed by atoms with Crippen molar-refractivity contribution in [3.8, 4) is 0 Å². The maximum absolute atomic E-state index is 10.5. The molecular formula is C2H6O5PS2. The first-order valence-electron chi connectivity index (χ1n) is 2.03. The number of hydrogen-bond donors (Lipinski definition) is 0. The highest BCUT2D eigenvalue weighted by molar-refractivity contribution is 7.95. The van der Waals surface area contributed by atoms with E-state index in [1.165, 1.54) is 14.2 Å². The smallest absolute Gasteiger partial charge is 0.294 e. The Labute approximate surface area is 68.5 Å². The minimum atomic E-state index is -2.17. The number of hydrogen-bond acceptors (Lipinski definition) is 7. The molecule has 0 saturated heterocycles. The van der Waals surface area contributed by atoms with Crippen LogP contribution in [0.15, 0.2) is 0 Å². The zero-order chi connectivity index (χ0) is 7.82. The summed E-state index contributed by atoms with van der Waals surface area (Å²) in [6, 6.07) is 0. The van der Waals surface area contributed by atoms with Gasteiger partial charge in [0.2, 0.25) is 0 Å². The molecule has 0 aliphatic rings. The first-order chi connectivity index (χ1) is 4.81. The van der Waals surface area contributed by atoms with E-state index in [0.29, 0.717) is 24.6 Å². The van der Waals surface area contributed by atoms with E-state index in [4.69, 9.17) is 0 Å². The minimum Gasteiger partial charge on any atom is -0.294 e. The fraction of sp³-hybridized carbons (Fsp3) is 1.00. The van der Waals surface area contributed by atoms with Crippen molar-refractivity contribution >= 4 is 32.9 Å².